The largest absolute Gasteiger partial charge is 0.504 e. The SMILES string of the molecule is COc1cc(Br)c(CC(C)=O)cc1O. The number of phenols is 1. The lowest BCUT2D eigenvalue weighted by Crippen LogP contribution is -1.97. The second-order valence-electron chi connectivity index (χ2n) is 2.99. The van der Waals surface area contributed by atoms with Gasteiger partial charge in [0.2, 0.25) is 0 Å². The molecule has 1 aromatic carbocycles. The number of carbonyl (C=O) groups is 1. The highest BCUT2D eigenvalue weighted by Crippen LogP contribution is 2.32. The maximum absolute atomic E-state index is 10.9. The van der Waals surface area contributed by atoms with Gasteiger partial charge in [0.25, 0.3) is 0 Å². The van der Waals surface area contributed by atoms with Crippen molar-refractivity contribution in [3.63, 3.8) is 0 Å². The molecule has 1 N–H and O–H groups in total. The Morgan fingerprint density at radius 3 is 2.71 bits per heavy atom. The zero-order valence-corrected chi connectivity index (χ0v) is 9.59. The molecule has 0 aliphatic carbocycles. The number of ether oxygens (including phenoxy) is 1. The lowest BCUT2D eigenvalue weighted by atomic mass is 10.1. The van der Waals surface area contributed by atoms with E-state index in [1.165, 1.54) is 20.1 Å². The van der Waals surface area contributed by atoms with E-state index in [1.807, 2.05) is 0 Å². The fraction of sp³-hybridized carbons (Fsp3) is 0.300. The number of carbonyl (C=O) groups excluding carboxylic acids is 1. The molecule has 0 saturated heterocycles. The van der Waals surface area contributed by atoms with Crippen LogP contribution in [0.1, 0.15) is 12.5 Å². The van der Waals surface area contributed by atoms with Crippen molar-refractivity contribution in [2.75, 3.05) is 7.11 Å². The third-order valence-corrected chi connectivity index (χ3v) is 2.53. The fourth-order valence-electron chi connectivity index (χ4n) is 1.15. The van der Waals surface area contributed by atoms with Crippen LogP contribution in [0.25, 0.3) is 0 Å². The summed E-state index contributed by atoms with van der Waals surface area (Å²) in [5, 5.41) is 9.47. The smallest absolute Gasteiger partial charge is 0.161 e. The molecule has 0 aromatic heterocycles. The maximum atomic E-state index is 10.9. The van der Waals surface area contributed by atoms with Crippen LogP contribution in [0.4, 0.5) is 0 Å². The highest BCUT2D eigenvalue weighted by atomic mass is 79.9. The minimum atomic E-state index is 0.0481. The van der Waals surface area contributed by atoms with Gasteiger partial charge in [-0.25, -0.2) is 0 Å². The van der Waals surface area contributed by atoms with E-state index in [4.69, 9.17) is 4.74 Å². The van der Waals surface area contributed by atoms with Crippen molar-refractivity contribution >= 4 is 21.7 Å². The highest BCUT2D eigenvalue weighted by Gasteiger charge is 2.09. The molecule has 0 atom stereocenters. The van der Waals surface area contributed by atoms with Gasteiger partial charge in [-0.3, -0.25) is 4.79 Å². The van der Waals surface area contributed by atoms with Crippen LogP contribution < -0.4 is 4.74 Å². The van der Waals surface area contributed by atoms with Crippen molar-refractivity contribution in [3.8, 4) is 11.5 Å². The number of hydrogen-bond donors (Lipinski definition) is 1. The number of aromatic hydroxyl groups is 1. The molecule has 0 aliphatic heterocycles. The van der Waals surface area contributed by atoms with Crippen LogP contribution in [-0.2, 0) is 11.2 Å². The van der Waals surface area contributed by atoms with Crippen LogP contribution in [0.2, 0.25) is 0 Å². The molecule has 0 aliphatic rings. The zero-order chi connectivity index (χ0) is 10.7. The summed E-state index contributed by atoms with van der Waals surface area (Å²) in [5.41, 5.74) is 0.760. The van der Waals surface area contributed by atoms with Gasteiger partial charge in [0, 0.05) is 10.9 Å². The topological polar surface area (TPSA) is 46.5 Å². The van der Waals surface area contributed by atoms with E-state index in [0.29, 0.717) is 12.2 Å². The number of benzene rings is 1. The molecular weight excluding hydrogens is 248 g/mol. The Bertz CT molecular complexity index is 361. The van der Waals surface area contributed by atoms with Crippen LogP contribution in [0, 0.1) is 0 Å². The van der Waals surface area contributed by atoms with Crippen LogP contribution in [0.3, 0.4) is 0 Å². The standard InChI is InChI=1S/C10H11BrO3/c1-6(12)3-7-4-9(13)10(14-2)5-8(7)11/h4-5,13H,3H2,1-2H3. The second-order valence-corrected chi connectivity index (χ2v) is 3.85. The third kappa shape index (κ3) is 2.48. The summed E-state index contributed by atoms with van der Waals surface area (Å²) in [6.45, 7) is 1.51. The molecule has 0 radical (unpaired) electrons. The molecule has 3 nitrogen and oxygen atoms in total. The van der Waals surface area contributed by atoms with Crippen LogP contribution in [0.5, 0.6) is 11.5 Å². The Morgan fingerprint density at radius 2 is 2.21 bits per heavy atom. The minimum absolute atomic E-state index is 0.0481. The number of hydrogen-bond acceptors (Lipinski definition) is 3. The van der Waals surface area contributed by atoms with E-state index in [-0.39, 0.29) is 11.5 Å². The van der Waals surface area contributed by atoms with Gasteiger partial charge < -0.3 is 9.84 Å². The molecule has 0 bridgehead atoms. The van der Waals surface area contributed by atoms with E-state index >= 15 is 0 Å². The average molecular weight is 259 g/mol. The summed E-state index contributed by atoms with van der Waals surface area (Å²) in [7, 11) is 1.48. The molecule has 4 heteroatoms. The summed E-state index contributed by atoms with van der Waals surface area (Å²) in [5.74, 6) is 0.492. The van der Waals surface area contributed by atoms with Crippen LogP contribution in [0.15, 0.2) is 16.6 Å². The number of halogens is 1. The minimum Gasteiger partial charge on any atom is -0.504 e. The van der Waals surface area contributed by atoms with Crippen molar-refractivity contribution in [1.82, 2.24) is 0 Å². The van der Waals surface area contributed by atoms with Crippen molar-refractivity contribution in [1.29, 1.82) is 0 Å². The summed E-state index contributed by atoms with van der Waals surface area (Å²) in [4.78, 5) is 10.9. The first-order valence-electron chi connectivity index (χ1n) is 4.09. The van der Waals surface area contributed by atoms with Gasteiger partial charge in [-0.05, 0) is 24.6 Å². The molecule has 76 valence electrons. The molecule has 0 spiro atoms. The van der Waals surface area contributed by atoms with Gasteiger partial charge in [-0.2, -0.15) is 0 Å². The Labute approximate surface area is 90.8 Å². The van der Waals surface area contributed by atoms with Crippen molar-refractivity contribution in [2.24, 2.45) is 0 Å². The van der Waals surface area contributed by atoms with Crippen LogP contribution in [-0.4, -0.2) is 18.0 Å². The van der Waals surface area contributed by atoms with Crippen molar-refractivity contribution in [3.05, 3.63) is 22.2 Å². The number of Topliss-reactive ketones (excluding diaryl/α,β-unsaturated/α-hetero) is 1. The highest BCUT2D eigenvalue weighted by molar-refractivity contribution is 9.10. The summed E-state index contributed by atoms with van der Waals surface area (Å²) >= 11 is 3.31. The number of methoxy groups -OCH3 is 1. The van der Waals surface area contributed by atoms with Crippen molar-refractivity contribution < 1.29 is 14.6 Å². The van der Waals surface area contributed by atoms with Gasteiger partial charge in [-0.1, -0.05) is 15.9 Å². The Hall–Kier alpha value is -1.03. The van der Waals surface area contributed by atoms with E-state index in [1.54, 1.807) is 6.07 Å². The predicted molar refractivity (Wildman–Crippen MR) is 56.7 cm³/mol. The van der Waals surface area contributed by atoms with Crippen molar-refractivity contribution in [2.45, 2.75) is 13.3 Å². The maximum Gasteiger partial charge on any atom is 0.161 e. The normalized spacial score (nSPS) is 9.93. The predicted octanol–water partition coefficient (Wildman–Crippen LogP) is 2.29. The van der Waals surface area contributed by atoms with E-state index < -0.39 is 0 Å². The number of phenolic OH excluding ortho intramolecular Hbond substituents is 1. The van der Waals surface area contributed by atoms with Gasteiger partial charge in [0.05, 0.1) is 7.11 Å². The van der Waals surface area contributed by atoms with Gasteiger partial charge >= 0.3 is 0 Å². The molecule has 0 heterocycles. The Balaban J connectivity index is 3.08. The summed E-state index contributed by atoms with van der Waals surface area (Å²) < 4.78 is 5.69. The van der Waals surface area contributed by atoms with E-state index in [2.05, 4.69) is 15.9 Å². The molecule has 1 aromatic rings. The molecule has 1 rings (SSSR count). The first-order valence-corrected chi connectivity index (χ1v) is 4.88. The first-order chi connectivity index (χ1) is 6.54. The molecule has 0 saturated carbocycles. The second kappa shape index (κ2) is 4.46. The Morgan fingerprint density at radius 1 is 1.57 bits per heavy atom. The summed E-state index contributed by atoms with van der Waals surface area (Å²) in [6, 6.07) is 3.18. The molecule has 0 unspecified atom stereocenters. The number of rotatable bonds is 3. The van der Waals surface area contributed by atoms with Crippen LogP contribution >= 0.6 is 15.9 Å². The monoisotopic (exact) mass is 258 g/mol. The molecule has 0 fully saturated rings. The third-order valence-electron chi connectivity index (χ3n) is 1.79. The van der Waals surface area contributed by atoms with E-state index in [0.717, 1.165) is 10.0 Å². The number of ketones is 1. The lowest BCUT2D eigenvalue weighted by molar-refractivity contribution is -0.116. The van der Waals surface area contributed by atoms with Gasteiger partial charge in [-0.15, -0.1) is 0 Å². The quantitative estimate of drug-likeness (QED) is 0.905. The summed E-state index contributed by atoms with van der Waals surface area (Å²) in [6.07, 6.45) is 0.304. The molecule has 0 amide bonds. The fourth-order valence-corrected chi connectivity index (χ4v) is 1.62. The lowest BCUT2D eigenvalue weighted by Gasteiger charge is -2.07. The van der Waals surface area contributed by atoms with Gasteiger partial charge in [0.1, 0.15) is 5.78 Å². The van der Waals surface area contributed by atoms with Gasteiger partial charge in [0.15, 0.2) is 11.5 Å². The molecule has 14 heavy (non-hydrogen) atoms. The molecular formula is C10H11BrO3. The zero-order valence-electron chi connectivity index (χ0n) is 8.00. The average Bonchev–Trinajstić information content (AvgIpc) is 2.10. The first kappa shape index (κ1) is 11.0. The Kier molecular flexibility index (Phi) is 3.52. The van der Waals surface area contributed by atoms with E-state index in [9.17, 15) is 9.90 Å².